The van der Waals surface area contributed by atoms with Crippen LogP contribution < -0.4 is 11.1 Å². The second kappa shape index (κ2) is 4.93. The van der Waals surface area contributed by atoms with Gasteiger partial charge < -0.3 is 11.1 Å². The Bertz CT molecular complexity index is 371. The third-order valence-corrected chi connectivity index (χ3v) is 2.04. The Morgan fingerprint density at radius 1 is 1.53 bits per heavy atom. The van der Waals surface area contributed by atoms with Gasteiger partial charge in [-0.3, -0.25) is 4.79 Å². The van der Waals surface area contributed by atoms with Gasteiger partial charge in [0.15, 0.2) is 0 Å². The van der Waals surface area contributed by atoms with Gasteiger partial charge in [0.1, 0.15) is 0 Å². The molecule has 0 fully saturated rings. The van der Waals surface area contributed by atoms with Gasteiger partial charge in [-0.05, 0) is 12.1 Å². The lowest BCUT2D eigenvalue weighted by Gasteiger charge is -2.07. The Kier molecular flexibility index (Phi) is 3.85. The topological polar surface area (TPSA) is 55.1 Å². The Morgan fingerprint density at radius 3 is 2.80 bits per heavy atom. The van der Waals surface area contributed by atoms with E-state index in [4.69, 9.17) is 17.3 Å². The third-order valence-electron chi connectivity index (χ3n) is 1.71. The van der Waals surface area contributed by atoms with Crippen LogP contribution in [0.25, 0.3) is 0 Å². The molecule has 0 saturated heterocycles. The fourth-order valence-electron chi connectivity index (χ4n) is 1.00. The third kappa shape index (κ3) is 3.06. The van der Waals surface area contributed by atoms with Gasteiger partial charge in [0.2, 0.25) is 0 Å². The zero-order valence-electron chi connectivity index (χ0n) is 7.64. The number of benzene rings is 1. The molecular weight excluding hydrogens is 226 g/mol. The van der Waals surface area contributed by atoms with Crippen molar-refractivity contribution in [1.82, 2.24) is 5.32 Å². The van der Waals surface area contributed by atoms with Gasteiger partial charge in [-0.15, -0.1) is 0 Å². The minimum atomic E-state index is -2.59. The molecule has 3 N–H and O–H groups in total. The van der Waals surface area contributed by atoms with Gasteiger partial charge >= 0.3 is 0 Å². The number of hydrogen-bond donors (Lipinski definition) is 2. The maximum absolute atomic E-state index is 11.8. The lowest BCUT2D eigenvalue weighted by Crippen LogP contribution is -2.29. The first-order valence-corrected chi connectivity index (χ1v) is 4.50. The van der Waals surface area contributed by atoms with Crippen LogP contribution in [0.5, 0.6) is 0 Å². The molecule has 6 heteroatoms. The number of halogens is 3. The lowest BCUT2D eigenvalue weighted by atomic mass is 10.1. The second-order valence-electron chi connectivity index (χ2n) is 2.80. The van der Waals surface area contributed by atoms with Crippen LogP contribution in [0.1, 0.15) is 10.4 Å². The van der Waals surface area contributed by atoms with Crippen molar-refractivity contribution in [3.63, 3.8) is 0 Å². The van der Waals surface area contributed by atoms with Gasteiger partial charge in [0, 0.05) is 0 Å². The predicted molar refractivity (Wildman–Crippen MR) is 54.2 cm³/mol. The van der Waals surface area contributed by atoms with E-state index in [9.17, 15) is 13.6 Å². The number of para-hydroxylation sites is 1. The number of amides is 1. The monoisotopic (exact) mass is 234 g/mol. The standard InChI is InChI=1S/C9H9ClF2N2O/c10-6-3-1-2-5(8(6)13)9(15)14-4-7(11)12/h1-3,7H,4,13H2,(H,14,15). The van der Waals surface area contributed by atoms with E-state index in [1.807, 2.05) is 5.32 Å². The molecule has 0 heterocycles. The highest BCUT2D eigenvalue weighted by Gasteiger charge is 2.12. The molecule has 15 heavy (non-hydrogen) atoms. The average Bonchev–Trinajstić information content (AvgIpc) is 2.18. The summed E-state index contributed by atoms with van der Waals surface area (Å²) in [7, 11) is 0. The molecule has 1 aromatic rings. The van der Waals surface area contributed by atoms with E-state index in [0.29, 0.717) is 0 Å². The molecule has 0 unspecified atom stereocenters. The maximum atomic E-state index is 11.8. The summed E-state index contributed by atoms with van der Waals surface area (Å²) in [5.41, 5.74) is 5.70. The van der Waals surface area contributed by atoms with Gasteiger partial charge in [-0.1, -0.05) is 17.7 Å². The predicted octanol–water partition coefficient (Wildman–Crippen LogP) is 1.92. The molecule has 82 valence electrons. The first-order valence-electron chi connectivity index (χ1n) is 4.12. The van der Waals surface area contributed by atoms with E-state index in [-0.39, 0.29) is 16.3 Å². The molecule has 1 rings (SSSR count). The normalized spacial score (nSPS) is 10.4. The van der Waals surface area contributed by atoms with Crippen molar-refractivity contribution in [2.24, 2.45) is 0 Å². The quantitative estimate of drug-likeness (QED) is 0.785. The Labute approximate surface area is 90.2 Å². The van der Waals surface area contributed by atoms with Crippen LogP contribution in [-0.4, -0.2) is 18.9 Å². The average molecular weight is 235 g/mol. The van der Waals surface area contributed by atoms with Crippen molar-refractivity contribution in [2.75, 3.05) is 12.3 Å². The van der Waals surface area contributed by atoms with Crippen molar-refractivity contribution < 1.29 is 13.6 Å². The van der Waals surface area contributed by atoms with E-state index in [0.717, 1.165) is 0 Å². The molecule has 0 bridgehead atoms. The Balaban J connectivity index is 2.78. The minimum Gasteiger partial charge on any atom is -0.397 e. The Hall–Kier alpha value is -1.36. The molecule has 0 spiro atoms. The summed E-state index contributed by atoms with van der Waals surface area (Å²) in [5, 5.41) is 2.26. The van der Waals surface area contributed by atoms with E-state index < -0.39 is 18.9 Å². The molecular formula is C9H9ClF2N2O. The van der Waals surface area contributed by atoms with Crippen LogP contribution in [0.3, 0.4) is 0 Å². The molecule has 0 aliphatic rings. The molecule has 0 aromatic heterocycles. The molecule has 1 amide bonds. The molecule has 0 atom stereocenters. The molecule has 3 nitrogen and oxygen atoms in total. The summed E-state index contributed by atoms with van der Waals surface area (Å²) in [4.78, 5) is 11.3. The van der Waals surface area contributed by atoms with Crippen LogP contribution in [0, 0.1) is 0 Å². The van der Waals surface area contributed by atoms with E-state index in [1.54, 1.807) is 0 Å². The van der Waals surface area contributed by atoms with Crippen LogP contribution >= 0.6 is 11.6 Å². The van der Waals surface area contributed by atoms with Gasteiger partial charge in [0.05, 0.1) is 22.8 Å². The fourth-order valence-corrected chi connectivity index (χ4v) is 1.17. The second-order valence-corrected chi connectivity index (χ2v) is 3.21. The number of nitrogens with one attached hydrogen (secondary N) is 1. The number of hydrogen-bond acceptors (Lipinski definition) is 2. The molecule has 0 saturated carbocycles. The van der Waals surface area contributed by atoms with Gasteiger partial charge in [-0.2, -0.15) is 0 Å². The number of rotatable bonds is 3. The smallest absolute Gasteiger partial charge is 0.255 e. The van der Waals surface area contributed by atoms with Crippen LogP contribution in [-0.2, 0) is 0 Å². The minimum absolute atomic E-state index is 0.0888. The zero-order valence-corrected chi connectivity index (χ0v) is 8.39. The van der Waals surface area contributed by atoms with Crippen LogP contribution in [0.15, 0.2) is 18.2 Å². The SMILES string of the molecule is Nc1c(Cl)cccc1C(=O)NCC(F)F. The van der Waals surface area contributed by atoms with Crippen LogP contribution in [0.4, 0.5) is 14.5 Å². The molecule has 0 aliphatic carbocycles. The summed E-state index contributed by atoms with van der Waals surface area (Å²) in [6, 6.07) is 4.46. The number of nitrogens with two attached hydrogens (primary N) is 1. The highest BCUT2D eigenvalue weighted by Crippen LogP contribution is 2.22. The number of carbonyl (C=O) groups excluding carboxylic acids is 1. The van der Waals surface area contributed by atoms with Gasteiger partial charge in [-0.25, -0.2) is 8.78 Å². The largest absolute Gasteiger partial charge is 0.397 e. The van der Waals surface area contributed by atoms with Crippen molar-refractivity contribution in [3.05, 3.63) is 28.8 Å². The Morgan fingerprint density at radius 2 is 2.20 bits per heavy atom. The lowest BCUT2D eigenvalue weighted by molar-refractivity contribution is 0.0892. The van der Waals surface area contributed by atoms with Crippen LogP contribution in [0.2, 0.25) is 5.02 Å². The number of nitrogen functional groups attached to an aromatic ring is 1. The number of alkyl halides is 2. The van der Waals surface area contributed by atoms with E-state index in [2.05, 4.69) is 0 Å². The maximum Gasteiger partial charge on any atom is 0.255 e. The number of anilines is 1. The summed E-state index contributed by atoms with van der Waals surface area (Å²) < 4.78 is 23.6. The van der Waals surface area contributed by atoms with E-state index in [1.165, 1.54) is 18.2 Å². The summed E-state index contributed by atoms with van der Waals surface area (Å²) in [6.45, 7) is -0.704. The van der Waals surface area contributed by atoms with Crippen molar-refractivity contribution in [3.8, 4) is 0 Å². The molecule has 0 radical (unpaired) electrons. The summed E-state index contributed by atoms with van der Waals surface area (Å²) in [6.07, 6.45) is -2.59. The summed E-state index contributed by atoms with van der Waals surface area (Å²) in [5.74, 6) is -0.657. The molecule has 0 aliphatic heterocycles. The van der Waals surface area contributed by atoms with Gasteiger partial charge in [0.25, 0.3) is 12.3 Å². The molecule has 1 aromatic carbocycles. The first kappa shape index (κ1) is 11.7. The van der Waals surface area contributed by atoms with Crippen molar-refractivity contribution in [1.29, 1.82) is 0 Å². The fraction of sp³-hybridized carbons (Fsp3) is 0.222. The zero-order chi connectivity index (χ0) is 11.4. The summed E-state index contributed by atoms with van der Waals surface area (Å²) >= 11 is 5.67. The van der Waals surface area contributed by atoms with E-state index >= 15 is 0 Å². The van der Waals surface area contributed by atoms with Crippen molar-refractivity contribution >= 4 is 23.2 Å². The first-order chi connectivity index (χ1) is 7.02. The number of carbonyl (C=O) groups is 1. The van der Waals surface area contributed by atoms with Crippen molar-refractivity contribution in [2.45, 2.75) is 6.43 Å². The highest BCUT2D eigenvalue weighted by molar-refractivity contribution is 6.33. The highest BCUT2D eigenvalue weighted by atomic mass is 35.5.